The van der Waals surface area contributed by atoms with Gasteiger partial charge in [0, 0.05) is 55.8 Å². The average molecular weight is 530 g/mol. The van der Waals surface area contributed by atoms with E-state index in [-0.39, 0.29) is 0 Å². The Kier molecular flexibility index (Phi) is 8.55. The molecule has 0 N–H and O–H groups in total. The molecule has 6 rings (SSSR count). The zero-order valence-electron chi connectivity index (χ0n) is 24.0. The highest BCUT2D eigenvalue weighted by atomic mass is 16.5. The number of hydrogen-bond donors (Lipinski definition) is 0. The summed E-state index contributed by atoms with van der Waals surface area (Å²) in [7, 11) is 2.18. The van der Waals surface area contributed by atoms with Gasteiger partial charge in [-0.1, -0.05) is 25.0 Å². The number of nitrogens with zero attached hydrogens (tertiary/aromatic N) is 3. The predicted molar refractivity (Wildman–Crippen MR) is 159 cm³/mol. The molecule has 0 aromatic heterocycles. The number of piperidine rings is 1. The molecule has 5 nitrogen and oxygen atoms in total. The number of rotatable bonds is 8. The molecule has 1 aliphatic carbocycles. The Labute approximate surface area is 235 Å². The number of ketones is 1. The summed E-state index contributed by atoms with van der Waals surface area (Å²) < 4.78 is 5.80. The molecule has 2 aromatic carbocycles. The van der Waals surface area contributed by atoms with Crippen molar-refractivity contribution in [1.82, 2.24) is 9.80 Å². The van der Waals surface area contributed by atoms with Crippen LogP contribution in [-0.2, 0) is 6.42 Å². The lowest BCUT2D eigenvalue weighted by molar-refractivity contribution is 0.0939. The van der Waals surface area contributed by atoms with Gasteiger partial charge in [0.25, 0.3) is 0 Å². The summed E-state index contributed by atoms with van der Waals surface area (Å²) in [4.78, 5) is 20.5. The zero-order chi connectivity index (χ0) is 26.6. The van der Waals surface area contributed by atoms with Crippen molar-refractivity contribution < 1.29 is 9.53 Å². The SMILES string of the molecule is CN1CCN(c2ccc(C(=O)CC3CCC(CCN4CCC(c5cccc6c5CCO6)CC4)CC3)cc2)CC1. The second-order valence-electron chi connectivity index (χ2n) is 12.7. The van der Waals surface area contributed by atoms with Crippen LogP contribution in [0.2, 0.25) is 0 Å². The summed E-state index contributed by atoms with van der Waals surface area (Å²) in [5, 5.41) is 0. The summed E-state index contributed by atoms with van der Waals surface area (Å²) >= 11 is 0. The third-order valence-corrected chi connectivity index (χ3v) is 10.2. The molecule has 5 heteroatoms. The Morgan fingerprint density at radius 1 is 0.846 bits per heavy atom. The summed E-state index contributed by atoms with van der Waals surface area (Å²) in [5.41, 5.74) is 5.19. The molecule has 0 bridgehead atoms. The van der Waals surface area contributed by atoms with Crippen LogP contribution >= 0.6 is 0 Å². The summed E-state index contributed by atoms with van der Waals surface area (Å²) in [5.74, 6) is 3.58. The normalized spacial score (nSPS) is 24.9. The second kappa shape index (κ2) is 12.4. The molecule has 0 unspecified atom stereocenters. The van der Waals surface area contributed by atoms with Gasteiger partial charge in [-0.2, -0.15) is 0 Å². The van der Waals surface area contributed by atoms with Gasteiger partial charge in [-0.05, 0) is 112 Å². The number of hydrogen-bond acceptors (Lipinski definition) is 5. The standard InChI is InChI=1S/C34H47N3O2/c1-35-20-22-37(23-21-35)30-11-9-29(10-12-30)33(38)25-27-7-5-26(6-8-27)13-17-36-18-14-28(15-19-36)31-3-2-4-34-32(31)16-24-39-34/h2-4,9-12,26-28H,5-8,13-25H2,1H3. The zero-order valence-corrected chi connectivity index (χ0v) is 24.0. The molecule has 0 amide bonds. The lowest BCUT2D eigenvalue weighted by atomic mass is 9.78. The van der Waals surface area contributed by atoms with Crippen molar-refractivity contribution in [3.05, 3.63) is 59.2 Å². The van der Waals surface area contributed by atoms with Crippen LogP contribution in [0, 0.1) is 11.8 Å². The Balaban J connectivity index is 0.894. The van der Waals surface area contributed by atoms with Crippen molar-refractivity contribution in [3.8, 4) is 5.75 Å². The van der Waals surface area contributed by atoms with E-state index >= 15 is 0 Å². The van der Waals surface area contributed by atoms with Gasteiger partial charge < -0.3 is 19.4 Å². The number of likely N-dealkylation sites (tertiary alicyclic amines) is 1. The maximum Gasteiger partial charge on any atom is 0.163 e. The van der Waals surface area contributed by atoms with E-state index in [4.69, 9.17) is 4.74 Å². The van der Waals surface area contributed by atoms with Crippen LogP contribution in [-0.4, -0.2) is 75.1 Å². The van der Waals surface area contributed by atoms with Gasteiger partial charge in [-0.15, -0.1) is 0 Å². The number of ether oxygens (including phenoxy) is 1. The van der Waals surface area contributed by atoms with E-state index in [0.29, 0.717) is 17.6 Å². The number of piperazine rings is 1. The van der Waals surface area contributed by atoms with Crippen molar-refractivity contribution in [2.75, 3.05) is 64.4 Å². The van der Waals surface area contributed by atoms with Gasteiger partial charge in [-0.25, -0.2) is 0 Å². The summed E-state index contributed by atoms with van der Waals surface area (Å²) in [6, 6.07) is 15.1. The molecule has 3 heterocycles. The minimum Gasteiger partial charge on any atom is -0.493 e. The number of carbonyl (C=O) groups is 1. The predicted octanol–water partition coefficient (Wildman–Crippen LogP) is 6.02. The topological polar surface area (TPSA) is 36.0 Å². The fraction of sp³-hybridized carbons (Fsp3) is 0.618. The number of Topliss-reactive ketones (excluding diaryl/α,β-unsaturated/α-hetero) is 1. The number of fused-ring (bicyclic) bond motifs is 1. The van der Waals surface area contributed by atoms with Gasteiger partial charge in [0.15, 0.2) is 5.78 Å². The highest BCUT2D eigenvalue weighted by molar-refractivity contribution is 5.96. The number of carbonyl (C=O) groups excluding carboxylic acids is 1. The van der Waals surface area contributed by atoms with E-state index < -0.39 is 0 Å². The Hall–Kier alpha value is -2.37. The molecule has 3 fully saturated rings. The first-order valence-electron chi connectivity index (χ1n) is 15.7. The maximum atomic E-state index is 13.0. The molecule has 2 aromatic rings. The number of benzene rings is 2. The minimum atomic E-state index is 0.335. The van der Waals surface area contributed by atoms with Gasteiger partial charge >= 0.3 is 0 Å². The third-order valence-electron chi connectivity index (χ3n) is 10.2. The van der Waals surface area contributed by atoms with Gasteiger partial charge in [-0.3, -0.25) is 4.79 Å². The van der Waals surface area contributed by atoms with Gasteiger partial charge in [0.2, 0.25) is 0 Å². The van der Waals surface area contributed by atoms with E-state index in [9.17, 15) is 4.79 Å². The van der Waals surface area contributed by atoms with Crippen LogP contribution in [0.5, 0.6) is 5.75 Å². The first kappa shape index (κ1) is 26.8. The van der Waals surface area contributed by atoms with E-state index in [1.54, 1.807) is 5.56 Å². The highest BCUT2D eigenvalue weighted by Gasteiger charge is 2.27. The van der Waals surface area contributed by atoms with Crippen molar-refractivity contribution in [2.45, 2.75) is 63.7 Å². The smallest absolute Gasteiger partial charge is 0.163 e. The van der Waals surface area contributed by atoms with Gasteiger partial charge in [0.05, 0.1) is 6.61 Å². The molecule has 2 saturated heterocycles. The van der Waals surface area contributed by atoms with Crippen LogP contribution in [0.15, 0.2) is 42.5 Å². The van der Waals surface area contributed by atoms with Crippen molar-refractivity contribution in [1.29, 1.82) is 0 Å². The molecular formula is C34H47N3O2. The third kappa shape index (κ3) is 6.52. The monoisotopic (exact) mass is 529 g/mol. The maximum absolute atomic E-state index is 13.0. The van der Waals surface area contributed by atoms with Crippen LogP contribution in [0.4, 0.5) is 5.69 Å². The first-order chi connectivity index (χ1) is 19.1. The highest BCUT2D eigenvalue weighted by Crippen LogP contribution is 2.38. The molecule has 0 atom stereocenters. The van der Waals surface area contributed by atoms with E-state index in [0.717, 1.165) is 62.9 Å². The summed E-state index contributed by atoms with van der Waals surface area (Å²) in [6.45, 7) is 8.90. The van der Waals surface area contributed by atoms with Gasteiger partial charge in [0.1, 0.15) is 5.75 Å². The van der Waals surface area contributed by atoms with E-state index in [2.05, 4.69) is 64.2 Å². The number of likely N-dealkylation sites (N-methyl/N-ethyl adjacent to an activating group) is 1. The van der Waals surface area contributed by atoms with Crippen LogP contribution in [0.1, 0.15) is 78.8 Å². The molecule has 3 aliphatic heterocycles. The quantitative estimate of drug-likeness (QED) is 0.391. The number of anilines is 1. The molecular weight excluding hydrogens is 482 g/mol. The Bertz CT molecular complexity index is 1090. The molecule has 0 radical (unpaired) electrons. The lowest BCUT2D eigenvalue weighted by Crippen LogP contribution is -2.44. The Morgan fingerprint density at radius 3 is 2.31 bits per heavy atom. The molecule has 210 valence electrons. The first-order valence-corrected chi connectivity index (χ1v) is 15.7. The molecule has 39 heavy (non-hydrogen) atoms. The van der Waals surface area contributed by atoms with Crippen molar-refractivity contribution in [3.63, 3.8) is 0 Å². The fourth-order valence-corrected chi connectivity index (χ4v) is 7.49. The largest absolute Gasteiger partial charge is 0.493 e. The van der Waals surface area contributed by atoms with E-state index in [1.807, 2.05) is 0 Å². The van der Waals surface area contributed by atoms with Crippen LogP contribution < -0.4 is 9.64 Å². The lowest BCUT2D eigenvalue weighted by Gasteiger charge is -2.35. The molecule has 4 aliphatic rings. The van der Waals surface area contributed by atoms with Crippen molar-refractivity contribution >= 4 is 11.5 Å². The van der Waals surface area contributed by atoms with E-state index in [1.165, 1.54) is 75.8 Å². The van der Waals surface area contributed by atoms with Crippen LogP contribution in [0.3, 0.4) is 0 Å². The van der Waals surface area contributed by atoms with Crippen molar-refractivity contribution in [2.24, 2.45) is 11.8 Å². The fourth-order valence-electron chi connectivity index (χ4n) is 7.49. The molecule has 1 saturated carbocycles. The second-order valence-corrected chi connectivity index (χ2v) is 12.7. The Morgan fingerprint density at radius 2 is 1.56 bits per heavy atom. The summed E-state index contributed by atoms with van der Waals surface area (Å²) in [6.07, 6.45) is 10.7. The molecule has 0 spiro atoms. The average Bonchev–Trinajstić information content (AvgIpc) is 3.47. The van der Waals surface area contributed by atoms with Crippen LogP contribution in [0.25, 0.3) is 0 Å². The minimum absolute atomic E-state index is 0.335.